The third-order valence-corrected chi connectivity index (χ3v) is 3.93. The lowest BCUT2D eigenvalue weighted by molar-refractivity contribution is 0.333. The van der Waals surface area contributed by atoms with Gasteiger partial charge in [0, 0.05) is 6.54 Å². The average Bonchev–Trinajstić information content (AvgIpc) is 2.89. The number of hydrogen-bond acceptors (Lipinski definition) is 3. The summed E-state index contributed by atoms with van der Waals surface area (Å²) in [6, 6.07) is 11.6. The van der Waals surface area contributed by atoms with Gasteiger partial charge in [-0.15, -0.1) is 0 Å². The summed E-state index contributed by atoms with van der Waals surface area (Å²) >= 11 is 0. The standard InChI is InChI=1S/C18H19BN2O2/c1-19-17-7-6-16(10-14(17)12-22-19)23-18-8-5-15(20-2)9-13(18)11-21(3)4/h5-10H,11-12H2,1,3-4H3. The molecule has 0 amide bonds. The van der Waals surface area contributed by atoms with Gasteiger partial charge in [-0.1, -0.05) is 19.0 Å². The first-order valence-electron chi connectivity index (χ1n) is 7.64. The van der Waals surface area contributed by atoms with Crippen molar-refractivity contribution in [1.29, 1.82) is 0 Å². The van der Waals surface area contributed by atoms with E-state index in [0.29, 0.717) is 12.3 Å². The van der Waals surface area contributed by atoms with Crippen molar-refractivity contribution in [2.75, 3.05) is 14.1 Å². The number of hydrogen-bond donors (Lipinski definition) is 0. The minimum atomic E-state index is 0.154. The Bertz CT molecular complexity index is 768. The molecule has 4 nitrogen and oxygen atoms in total. The molecule has 1 aliphatic rings. The van der Waals surface area contributed by atoms with E-state index in [1.54, 1.807) is 6.07 Å². The average molecular weight is 306 g/mol. The van der Waals surface area contributed by atoms with E-state index in [1.807, 2.05) is 38.4 Å². The molecule has 23 heavy (non-hydrogen) atoms. The lowest BCUT2D eigenvalue weighted by atomic mass is 9.64. The Labute approximate surface area is 137 Å². The first-order valence-corrected chi connectivity index (χ1v) is 7.64. The van der Waals surface area contributed by atoms with E-state index in [-0.39, 0.29) is 6.92 Å². The largest absolute Gasteiger partial charge is 0.457 e. The van der Waals surface area contributed by atoms with Crippen LogP contribution < -0.4 is 10.2 Å². The van der Waals surface area contributed by atoms with Crippen LogP contribution in [0.25, 0.3) is 4.85 Å². The number of rotatable bonds is 4. The summed E-state index contributed by atoms with van der Waals surface area (Å²) in [5.74, 6) is 1.59. The highest BCUT2D eigenvalue weighted by Crippen LogP contribution is 2.30. The first-order chi connectivity index (χ1) is 11.1. The van der Waals surface area contributed by atoms with Crippen LogP contribution in [0.2, 0.25) is 6.82 Å². The minimum absolute atomic E-state index is 0.154. The summed E-state index contributed by atoms with van der Waals surface area (Å²) in [5, 5.41) is 0. The highest BCUT2D eigenvalue weighted by molar-refractivity contribution is 6.67. The van der Waals surface area contributed by atoms with Crippen LogP contribution in [0.4, 0.5) is 5.69 Å². The molecule has 1 aliphatic heterocycles. The Morgan fingerprint density at radius 3 is 2.83 bits per heavy atom. The molecule has 0 radical (unpaired) electrons. The number of ether oxygens (including phenoxy) is 1. The second kappa shape index (κ2) is 6.45. The molecule has 5 heteroatoms. The minimum Gasteiger partial charge on any atom is -0.457 e. The molecule has 0 spiro atoms. The zero-order valence-corrected chi connectivity index (χ0v) is 13.7. The zero-order chi connectivity index (χ0) is 16.4. The van der Waals surface area contributed by atoms with Gasteiger partial charge < -0.3 is 14.3 Å². The van der Waals surface area contributed by atoms with E-state index in [4.69, 9.17) is 16.0 Å². The fourth-order valence-corrected chi connectivity index (χ4v) is 2.80. The van der Waals surface area contributed by atoms with Crippen molar-refractivity contribution in [2.45, 2.75) is 20.0 Å². The van der Waals surface area contributed by atoms with E-state index in [2.05, 4.69) is 22.6 Å². The van der Waals surface area contributed by atoms with Gasteiger partial charge in [-0.2, -0.15) is 0 Å². The quantitative estimate of drug-likeness (QED) is 0.639. The Morgan fingerprint density at radius 1 is 1.26 bits per heavy atom. The highest BCUT2D eigenvalue weighted by atomic mass is 16.5. The lowest BCUT2D eigenvalue weighted by Crippen LogP contribution is -2.23. The molecule has 3 rings (SSSR count). The molecule has 0 aliphatic carbocycles. The van der Waals surface area contributed by atoms with Crippen molar-refractivity contribution in [3.05, 3.63) is 58.9 Å². The second-order valence-corrected chi connectivity index (χ2v) is 6.06. The van der Waals surface area contributed by atoms with Crippen LogP contribution in [0.15, 0.2) is 36.4 Å². The molecule has 116 valence electrons. The van der Waals surface area contributed by atoms with Crippen molar-refractivity contribution in [3.63, 3.8) is 0 Å². The summed E-state index contributed by atoms with van der Waals surface area (Å²) in [6.45, 7) is 10.7. The molecule has 0 N–H and O–H groups in total. The highest BCUT2D eigenvalue weighted by Gasteiger charge is 2.23. The molecule has 0 fully saturated rings. The maximum atomic E-state index is 7.17. The molecule has 2 aromatic rings. The normalized spacial score (nSPS) is 13.1. The summed E-state index contributed by atoms with van der Waals surface area (Å²) in [4.78, 5) is 5.57. The van der Waals surface area contributed by atoms with E-state index >= 15 is 0 Å². The van der Waals surface area contributed by atoms with E-state index in [0.717, 1.165) is 23.6 Å². The molecule has 0 bridgehead atoms. The third kappa shape index (κ3) is 3.39. The Kier molecular flexibility index (Phi) is 4.38. The van der Waals surface area contributed by atoms with Gasteiger partial charge in [0.2, 0.25) is 0 Å². The summed E-state index contributed by atoms with van der Waals surface area (Å²) in [7, 11) is 4.00. The van der Waals surface area contributed by atoms with Crippen molar-refractivity contribution in [1.82, 2.24) is 4.90 Å². The maximum absolute atomic E-state index is 7.17. The predicted molar refractivity (Wildman–Crippen MR) is 92.7 cm³/mol. The van der Waals surface area contributed by atoms with Crippen LogP contribution in [-0.2, 0) is 17.8 Å². The number of fused-ring (bicyclic) bond motifs is 1. The fraction of sp³-hybridized carbons (Fsp3) is 0.278. The maximum Gasteiger partial charge on any atom is 0.324 e. The monoisotopic (exact) mass is 306 g/mol. The van der Waals surface area contributed by atoms with Gasteiger partial charge in [0.25, 0.3) is 0 Å². The van der Waals surface area contributed by atoms with Gasteiger partial charge in [-0.05, 0) is 55.0 Å². The molecule has 2 aromatic carbocycles. The number of nitrogens with zero attached hydrogens (tertiary/aromatic N) is 2. The van der Waals surface area contributed by atoms with Gasteiger partial charge in [-0.25, -0.2) is 4.85 Å². The summed E-state index contributed by atoms with van der Waals surface area (Å²) in [6.07, 6.45) is 0. The SMILES string of the molecule is [C-]#[N+]c1ccc(Oc2ccc3c(c2)COB3C)c(CN(C)C)c1. The second-order valence-electron chi connectivity index (χ2n) is 6.06. The molecule has 0 saturated carbocycles. The van der Waals surface area contributed by atoms with Crippen LogP contribution in [0.3, 0.4) is 0 Å². The molecular weight excluding hydrogens is 287 g/mol. The van der Waals surface area contributed by atoms with Gasteiger partial charge in [0.1, 0.15) is 11.5 Å². The molecular formula is C18H19BN2O2. The van der Waals surface area contributed by atoms with Gasteiger partial charge in [-0.3, -0.25) is 0 Å². The molecule has 0 unspecified atom stereocenters. The van der Waals surface area contributed by atoms with Crippen molar-refractivity contribution >= 4 is 18.1 Å². The summed E-state index contributed by atoms with van der Waals surface area (Å²) in [5.41, 5.74) is 4.05. The van der Waals surface area contributed by atoms with E-state index in [1.165, 1.54) is 11.0 Å². The smallest absolute Gasteiger partial charge is 0.324 e. The van der Waals surface area contributed by atoms with E-state index in [9.17, 15) is 0 Å². The fourth-order valence-electron chi connectivity index (χ4n) is 2.80. The Hall–Kier alpha value is -2.29. The topological polar surface area (TPSA) is 26.1 Å². The van der Waals surface area contributed by atoms with E-state index < -0.39 is 0 Å². The molecule has 1 heterocycles. The van der Waals surface area contributed by atoms with Crippen LogP contribution >= 0.6 is 0 Å². The van der Waals surface area contributed by atoms with Crippen LogP contribution in [0.5, 0.6) is 11.5 Å². The van der Waals surface area contributed by atoms with Crippen molar-refractivity contribution in [3.8, 4) is 11.5 Å². The lowest BCUT2D eigenvalue weighted by Gasteiger charge is -2.16. The molecule has 0 aromatic heterocycles. The molecule has 0 atom stereocenters. The van der Waals surface area contributed by atoms with Crippen LogP contribution in [-0.4, -0.2) is 25.9 Å². The number of benzene rings is 2. The van der Waals surface area contributed by atoms with Gasteiger partial charge in [0.15, 0.2) is 5.69 Å². The van der Waals surface area contributed by atoms with Crippen molar-refractivity contribution < 1.29 is 9.39 Å². The molecule has 0 saturated heterocycles. The third-order valence-electron chi connectivity index (χ3n) is 3.93. The van der Waals surface area contributed by atoms with Gasteiger partial charge in [0.05, 0.1) is 13.2 Å². The summed E-state index contributed by atoms with van der Waals surface area (Å²) < 4.78 is 11.7. The van der Waals surface area contributed by atoms with Crippen molar-refractivity contribution in [2.24, 2.45) is 0 Å². The van der Waals surface area contributed by atoms with Crippen LogP contribution in [0.1, 0.15) is 11.1 Å². The predicted octanol–water partition coefficient (Wildman–Crippen LogP) is 3.45. The zero-order valence-electron chi connectivity index (χ0n) is 13.7. The van der Waals surface area contributed by atoms with Crippen LogP contribution in [0, 0.1) is 6.57 Å². The van der Waals surface area contributed by atoms with Gasteiger partial charge >= 0.3 is 6.92 Å². The Balaban J connectivity index is 1.89. The first kappa shape index (κ1) is 15.6. The Morgan fingerprint density at radius 2 is 2.09 bits per heavy atom.